The third kappa shape index (κ3) is 4.07. The Bertz CT molecular complexity index is 1290. The molecule has 8 nitrogen and oxygen atoms in total. The molecule has 0 spiro atoms. The molecule has 33 heavy (non-hydrogen) atoms. The van der Waals surface area contributed by atoms with Crippen molar-refractivity contribution in [2.75, 3.05) is 17.8 Å². The van der Waals surface area contributed by atoms with E-state index in [0.29, 0.717) is 39.0 Å². The van der Waals surface area contributed by atoms with Crippen LogP contribution >= 0.6 is 11.8 Å². The molecule has 0 aliphatic carbocycles. The van der Waals surface area contributed by atoms with Crippen molar-refractivity contribution in [1.82, 2.24) is 10.1 Å². The summed E-state index contributed by atoms with van der Waals surface area (Å²) in [6.45, 7) is 5.51. The number of rotatable bonds is 6. The number of esters is 1. The van der Waals surface area contributed by atoms with Gasteiger partial charge in [0, 0.05) is 22.8 Å². The van der Waals surface area contributed by atoms with Gasteiger partial charge in [-0.05, 0) is 41.1 Å². The first-order chi connectivity index (χ1) is 16.0. The Labute approximate surface area is 194 Å². The summed E-state index contributed by atoms with van der Waals surface area (Å²) in [6.07, 6.45) is 1.28. The molecule has 0 radical (unpaired) electrons. The van der Waals surface area contributed by atoms with Crippen LogP contribution in [0.1, 0.15) is 35.4 Å². The molecule has 168 valence electrons. The zero-order chi connectivity index (χ0) is 23.5. The average molecular weight is 464 g/mol. The van der Waals surface area contributed by atoms with Crippen molar-refractivity contribution in [1.29, 1.82) is 0 Å². The molecular weight excluding hydrogens is 440 g/mol. The summed E-state index contributed by atoms with van der Waals surface area (Å²) in [5.41, 5.74) is 2.39. The summed E-state index contributed by atoms with van der Waals surface area (Å²) in [6, 6.07) is 14.0. The third-order valence-corrected chi connectivity index (χ3v) is 6.16. The van der Waals surface area contributed by atoms with E-state index in [1.165, 1.54) is 18.9 Å². The minimum absolute atomic E-state index is 0.120. The van der Waals surface area contributed by atoms with E-state index in [4.69, 9.17) is 9.84 Å². The molecule has 4 rings (SSSR count). The molecule has 1 atom stereocenters. The number of nitrogens with one attached hydrogen (secondary N) is 1. The molecule has 1 N–H and O–H groups in total. The predicted octanol–water partition coefficient (Wildman–Crippen LogP) is 3.09. The molecule has 2 aromatic carbocycles. The Morgan fingerprint density at radius 2 is 1.97 bits per heavy atom. The number of benzene rings is 2. The van der Waals surface area contributed by atoms with Crippen LogP contribution in [0.2, 0.25) is 0 Å². The van der Waals surface area contributed by atoms with Gasteiger partial charge < -0.3 is 4.74 Å². The van der Waals surface area contributed by atoms with Gasteiger partial charge in [0.05, 0.1) is 23.9 Å². The van der Waals surface area contributed by atoms with E-state index in [1.54, 1.807) is 52.9 Å². The van der Waals surface area contributed by atoms with Crippen LogP contribution < -0.4 is 15.1 Å². The SMILES string of the molecule is C=CCSc1n[n+]2c(c(=O)[nH]1)-c1ccccc1N(C(=O)CC)[C@@H]2c1ccc(C(=O)OC)cc1. The number of carbonyl (C=O) groups is 2. The molecule has 0 unspecified atom stereocenters. The number of nitrogens with zero attached hydrogens (tertiary/aromatic N) is 3. The van der Waals surface area contributed by atoms with Gasteiger partial charge in [0.25, 0.3) is 6.17 Å². The fourth-order valence-electron chi connectivity index (χ4n) is 3.82. The summed E-state index contributed by atoms with van der Waals surface area (Å²) in [4.78, 5) is 42.8. The Hall–Kier alpha value is -3.72. The van der Waals surface area contributed by atoms with Crippen LogP contribution in [0.15, 0.2) is 71.1 Å². The lowest BCUT2D eigenvalue weighted by Crippen LogP contribution is -2.60. The molecule has 1 aliphatic rings. The number of amides is 1. The summed E-state index contributed by atoms with van der Waals surface area (Å²) < 4.78 is 6.38. The maximum absolute atomic E-state index is 13.2. The molecule has 0 bridgehead atoms. The van der Waals surface area contributed by atoms with Crippen LogP contribution in [0.3, 0.4) is 0 Å². The number of hydrogen-bond donors (Lipinski definition) is 1. The highest BCUT2D eigenvalue weighted by atomic mass is 32.2. The monoisotopic (exact) mass is 463 g/mol. The number of para-hydroxylation sites is 1. The van der Waals surface area contributed by atoms with Gasteiger partial charge in [-0.15, -0.1) is 6.58 Å². The van der Waals surface area contributed by atoms with Gasteiger partial charge in [-0.2, -0.15) is 0 Å². The minimum Gasteiger partial charge on any atom is -0.465 e. The molecule has 0 saturated carbocycles. The van der Waals surface area contributed by atoms with Crippen molar-refractivity contribution in [3.05, 3.63) is 82.7 Å². The third-order valence-electron chi connectivity index (χ3n) is 5.30. The summed E-state index contributed by atoms with van der Waals surface area (Å²) in [7, 11) is 1.32. The number of anilines is 1. The number of fused-ring (bicyclic) bond motifs is 3. The van der Waals surface area contributed by atoms with Crippen molar-refractivity contribution in [3.63, 3.8) is 0 Å². The second-order valence-electron chi connectivity index (χ2n) is 7.27. The Morgan fingerprint density at radius 1 is 1.24 bits per heavy atom. The molecular formula is C24H23N4O4S+. The molecule has 1 amide bonds. The van der Waals surface area contributed by atoms with Gasteiger partial charge in [0.1, 0.15) is 0 Å². The molecule has 1 aliphatic heterocycles. The highest BCUT2D eigenvalue weighted by molar-refractivity contribution is 7.99. The van der Waals surface area contributed by atoms with Crippen LogP contribution in [0, 0.1) is 0 Å². The largest absolute Gasteiger partial charge is 0.465 e. The van der Waals surface area contributed by atoms with Crippen molar-refractivity contribution >= 4 is 29.3 Å². The predicted molar refractivity (Wildman–Crippen MR) is 125 cm³/mol. The fourth-order valence-corrected chi connectivity index (χ4v) is 4.41. The number of H-pyrrole nitrogens is 1. The number of carbonyl (C=O) groups excluding carboxylic acids is 2. The lowest BCUT2D eigenvalue weighted by Gasteiger charge is -2.32. The Morgan fingerprint density at radius 3 is 2.64 bits per heavy atom. The zero-order valence-electron chi connectivity index (χ0n) is 18.3. The zero-order valence-corrected chi connectivity index (χ0v) is 19.1. The number of hydrogen-bond acceptors (Lipinski definition) is 6. The molecule has 2 heterocycles. The van der Waals surface area contributed by atoms with E-state index in [-0.39, 0.29) is 17.9 Å². The summed E-state index contributed by atoms with van der Waals surface area (Å²) in [5, 5.41) is 5.12. The van der Waals surface area contributed by atoms with Gasteiger partial charge >= 0.3 is 17.2 Å². The van der Waals surface area contributed by atoms with E-state index < -0.39 is 12.1 Å². The van der Waals surface area contributed by atoms with E-state index >= 15 is 0 Å². The summed E-state index contributed by atoms with van der Waals surface area (Å²) in [5.74, 6) is -0.0117. The fraction of sp³-hybridized carbons (Fsp3) is 0.208. The highest BCUT2D eigenvalue weighted by Gasteiger charge is 2.45. The Kier molecular flexibility index (Phi) is 6.41. The lowest BCUT2D eigenvalue weighted by atomic mass is 10.0. The first kappa shape index (κ1) is 22.5. The van der Waals surface area contributed by atoms with Gasteiger partial charge in [-0.3, -0.25) is 14.6 Å². The van der Waals surface area contributed by atoms with Crippen LogP contribution in [-0.2, 0) is 9.53 Å². The van der Waals surface area contributed by atoms with E-state index in [0.717, 1.165) is 0 Å². The minimum atomic E-state index is -0.709. The summed E-state index contributed by atoms with van der Waals surface area (Å²) >= 11 is 1.34. The molecule has 3 aromatic rings. The normalized spacial score (nSPS) is 14.2. The van der Waals surface area contributed by atoms with Crippen LogP contribution in [0.5, 0.6) is 0 Å². The average Bonchev–Trinajstić information content (AvgIpc) is 2.85. The maximum atomic E-state index is 13.2. The smallest absolute Gasteiger partial charge is 0.337 e. The standard InChI is InChI=1S/C24H22N4O4S/c1-4-14-33-24-25-21(30)20-17-8-6-7-9-18(17)27(19(29)5-2)22(28(20)26-24)15-10-12-16(13-11-15)23(31)32-3/h4,6-13,22H,1,5,14H2,2-3H3/p+1/t22-/m0/s1. The van der Waals surface area contributed by atoms with Crippen LogP contribution in [0.25, 0.3) is 11.3 Å². The van der Waals surface area contributed by atoms with Crippen LogP contribution in [0.4, 0.5) is 5.69 Å². The second kappa shape index (κ2) is 9.41. The van der Waals surface area contributed by atoms with E-state index in [1.807, 2.05) is 18.2 Å². The van der Waals surface area contributed by atoms with Crippen LogP contribution in [-0.4, -0.2) is 34.8 Å². The molecule has 1 aromatic heterocycles. The van der Waals surface area contributed by atoms with Gasteiger partial charge in [-0.1, -0.05) is 36.9 Å². The number of methoxy groups -OCH3 is 1. The molecule has 9 heteroatoms. The quantitative estimate of drug-likeness (QED) is 0.261. The van der Waals surface area contributed by atoms with Crippen molar-refractivity contribution in [2.45, 2.75) is 24.7 Å². The number of thioether (sulfide) groups is 1. The van der Waals surface area contributed by atoms with Crippen molar-refractivity contribution < 1.29 is 19.0 Å². The van der Waals surface area contributed by atoms with Crippen molar-refractivity contribution in [3.8, 4) is 11.3 Å². The number of ether oxygens (including phenoxy) is 1. The van der Waals surface area contributed by atoms with Gasteiger partial charge in [0.15, 0.2) is 0 Å². The first-order valence-electron chi connectivity index (χ1n) is 10.4. The highest BCUT2D eigenvalue weighted by Crippen LogP contribution is 2.37. The van der Waals surface area contributed by atoms with E-state index in [2.05, 4.69) is 11.6 Å². The topological polar surface area (TPSA) is 96.2 Å². The molecule has 0 saturated heterocycles. The molecule has 0 fully saturated rings. The first-order valence-corrected chi connectivity index (χ1v) is 11.4. The second-order valence-corrected chi connectivity index (χ2v) is 8.28. The maximum Gasteiger partial charge on any atom is 0.337 e. The lowest BCUT2D eigenvalue weighted by molar-refractivity contribution is -0.763. The van der Waals surface area contributed by atoms with Crippen molar-refractivity contribution in [2.24, 2.45) is 0 Å². The number of aromatic nitrogens is 3. The Balaban J connectivity index is 1.98. The van der Waals surface area contributed by atoms with E-state index in [9.17, 15) is 14.4 Å². The number of aromatic amines is 1. The van der Waals surface area contributed by atoms with Gasteiger partial charge in [0.2, 0.25) is 11.1 Å². The van der Waals surface area contributed by atoms with Gasteiger partial charge in [-0.25, -0.2) is 9.69 Å².